The SMILES string of the molecule is CC(Cc1ccc(OC(F)(F)F)c(OC(F)(F)F)c1OC(F)(F)F)CC(CN)C(=O)O. The van der Waals surface area contributed by atoms with Crippen molar-refractivity contribution in [2.24, 2.45) is 17.6 Å². The quantitative estimate of drug-likeness (QED) is 0.509. The molecule has 0 fully saturated rings. The Morgan fingerprint density at radius 3 is 1.84 bits per heavy atom. The van der Waals surface area contributed by atoms with Crippen LogP contribution in [0.2, 0.25) is 0 Å². The second-order valence-corrected chi connectivity index (χ2v) is 6.34. The minimum Gasteiger partial charge on any atom is -0.481 e. The van der Waals surface area contributed by atoms with Crippen molar-refractivity contribution < 1.29 is 63.6 Å². The number of hydrogen-bond acceptors (Lipinski definition) is 5. The third-order valence-corrected chi connectivity index (χ3v) is 3.71. The molecule has 1 rings (SSSR count). The minimum atomic E-state index is -5.69. The van der Waals surface area contributed by atoms with Crippen molar-refractivity contribution in [1.82, 2.24) is 0 Å². The summed E-state index contributed by atoms with van der Waals surface area (Å²) in [6.45, 7) is 1.03. The summed E-state index contributed by atoms with van der Waals surface area (Å²) in [4.78, 5) is 11.0. The highest BCUT2D eigenvalue weighted by molar-refractivity contribution is 5.70. The molecule has 0 aliphatic rings. The van der Waals surface area contributed by atoms with Gasteiger partial charge in [0.2, 0.25) is 5.75 Å². The molecule has 2 atom stereocenters. The maximum absolute atomic E-state index is 12.8. The second-order valence-electron chi connectivity index (χ2n) is 6.34. The van der Waals surface area contributed by atoms with Crippen molar-refractivity contribution in [2.45, 2.75) is 38.9 Å². The summed E-state index contributed by atoms with van der Waals surface area (Å²) in [6.07, 6.45) is -17.5. The molecule has 0 aromatic heterocycles. The van der Waals surface area contributed by atoms with Crippen LogP contribution in [0.1, 0.15) is 18.9 Å². The summed E-state index contributed by atoms with van der Waals surface area (Å²) in [6, 6.07) is 0.956. The molecule has 0 saturated carbocycles. The maximum atomic E-state index is 12.8. The Kier molecular flexibility index (Phi) is 8.28. The van der Waals surface area contributed by atoms with Crippen molar-refractivity contribution >= 4 is 5.97 Å². The van der Waals surface area contributed by atoms with E-state index >= 15 is 0 Å². The average Bonchev–Trinajstić information content (AvgIpc) is 2.54. The van der Waals surface area contributed by atoms with E-state index in [4.69, 9.17) is 10.8 Å². The van der Waals surface area contributed by atoms with Gasteiger partial charge in [0.1, 0.15) is 0 Å². The Bertz CT molecular complexity index is 762. The smallest absolute Gasteiger partial charge is 0.481 e. The molecule has 0 aliphatic heterocycles. The van der Waals surface area contributed by atoms with E-state index in [1.807, 2.05) is 0 Å². The van der Waals surface area contributed by atoms with Gasteiger partial charge in [0.25, 0.3) is 0 Å². The molecule has 0 saturated heterocycles. The van der Waals surface area contributed by atoms with E-state index in [0.717, 1.165) is 0 Å². The van der Waals surface area contributed by atoms with Gasteiger partial charge in [0, 0.05) is 6.54 Å². The first kappa shape index (κ1) is 26.5. The third-order valence-electron chi connectivity index (χ3n) is 3.71. The number of hydrogen-bond donors (Lipinski definition) is 2. The molecular formula is C16H16F9NO5. The van der Waals surface area contributed by atoms with Gasteiger partial charge in [-0.15, -0.1) is 39.5 Å². The predicted molar refractivity (Wildman–Crippen MR) is 84.2 cm³/mol. The largest absolute Gasteiger partial charge is 0.573 e. The predicted octanol–water partition coefficient (Wildman–Crippen LogP) is 4.61. The number of alkyl halides is 9. The Labute approximate surface area is 168 Å². The molecule has 0 spiro atoms. The first-order valence-corrected chi connectivity index (χ1v) is 8.27. The highest BCUT2D eigenvalue weighted by atomic mass is 19.4. The van der Waals surface area contributed by atoms with E-state index in [-0.39, 0.29) is 13.0 Å². The number of halogens is 9. The molecule has 1 aromatic carbocycles. The van der Waals surface area contributed by atoms with Crippen molar-refractivity contribution in [3.8, 4) is 17.2 Å². The van der Waals surface area contributed by atoms with Crippen LogP contribution >= 0.6 is 0 Å². The number of aliphatic carboxylic acids is 1. The third kappa shape index (κ3) is 9.40. The van der Waals surface area contributed by atoms with Gasteiger partial charge < -0.3 is 25.1 Å². The molecule has 3 N–H and O–H groups in total. The Balaban J connectivity index is 3.48. The molecular weight excluding hydrogens is 457 g/mol. The molecule has 0 amide bonds. The number of carbonyl (C=O) groups is 1. The molecule has 31 heavy (non-hydrogen) atoms. The Hall–Kier alpha value is -2.58. The van der Waals surface area contributed by atoms with Crippen LogP contribution in [0.15, 0.2) is 12.1 Å². The van der Waals surface area contributed by atoms with Crippen LogP contribution in [0.4, 0.5) is 39.5 Å². The minimum absolute atomic E-state index is 0.187. The van der Waals surface area contributed by atoms with E-state index in [1.54, 1.807) is 0 Å². The van der Waals surface area contributed by atoms with Crippen LogP contribution in [0.5, 0.6) is 17.2 Å². The number of benzene rings is 1. The summed E-state index contributed by atoms with van der Waals surface area (Å²) < 4.78 is 124. The second kappa shape index (κ2) is 9.70. The fraction of sp³-hybridized carbons (Fsp3) is 0.562. The lowest BCUT2D eigenvalue weighted by Crippen LogP contribution is -2.26. The summed E-state index contributed by atoms with van der Waals surface area (Å²) in [5.41, 5.74) is 4.65. The molecule has 6 nitrogen and oxygen atoms in total. The fourth-order valence-electron chi connectivity index (χ4n) is 2.63. The highest BCUT2D eigenvalue weighted by Gasteiger charge is 2.42. The topological polar surface area (TPSA) is 91.0 Å². The van der Waals surface area contributed by atoms with Crippen molar-refractivity contribution in [1.29, 1.82) is 0 Å². The summed E-state index contributed by atoms with van der Waals surface area (Å²) in [7, 11) is 0. The average molecular weight is 473 g/mol. The van der Waals surface area contributed by atoms with Crippen LogP contribution in [-0.2, 0) is 11.2 Å². The normalized spacial score (nSPS) is 14.7. The van der Waals surface area contributed by atoms with Crippen LogP contribution in [0.3, 0.4) is 0 Å². The molecule has 0 heterocycles. The van der Waals surface area contributed by atoms with Gasteiger partial charge in [-0.1, -0.05) is 13.0 Å². The first-order chi connectivity index (χ1) is 13.9. The van der Waals surface area contributed by atoms with Crippen molar-refractivity contribution in [2.75, 3.05) is 6.54 Å². The first-order valence-electron chi connectivity index (χ1n) is 8.27. The zero-order valence-electron chi connectivity index (χ0n) is 15.5. The van der Waals surface area contributed by atoms with Gasteiger partial charge in [-0.05, 0) is 30.4 Å². The molecule has 0 aliphatic carbocycles. The summed E-state index contributed by atoms with van der Waals surface area (Å²) in [5.74, 6) is -8.59. The van der Waals surface area contributed by atoms with Gasteiger partial charge in [0.05, 0.1) is 5.92 Å². The van der Waals surface area contributed by atoms with E-state index < -0.39 is 66.1 Å². The number of ether oxygens (including phenoxy) is 3. The van der Waals surface area contributed by atoms with Crippen LogP contribution < -0.4 is 19.9 Å². The Morgan fingerprint density at radius 2 is 1.42 bits per heavy atom. The molecule has 2 unspecified atom stereocenters. The van der Waals surface area contributed by atoms with Crippen molar-refractivity contribution in [3.63, 3.8) is 0 Å². The van der Waals surface area contributed by atoms with Gasteiger partial charge in [0.15, 0.2) is 11.5 Å². The highest BCUT2D eigenvalue weighted by Crippen LogP contribution is 2.47. The zero-order chi connectivity index (χ0) is 24.2. The monoisotopic (exact) mass is 473 g/mol. The summed E-state index contributed by atoms with van der Waals surface area (Å²) in [5, 5.41) is 8.99. The van der Waals surface area contributed by atoms with E-state index in [2.05, 4.69) is 14.2 Å². The van der Waals surface area contributed by atoms with Gasteiger partial charge >= 0.3 is 25.1 Å². The van der Waals surface area contributed by atoms with Gasteiger partial charge in [-0.3, -0.25) is 4.79 Å². The number of rotatable bonds is 9. The fourth-order valence-corrected chi connectivity index (χ4v) is 2.63. The standard InChI is InChI=1S/C16H16F9NO5/c1-7(5-9(6-26)13(27)28)4-8-2-3-10(29-14(17,18)19)12(31-16(23,24)25)11(8)30-15(20,21)22/h2-3,7,9H,4-6,26H2,1H3,(H,27,28). The Morgan fingerprint density at radius 1 is 0.935 bits per heavy atom. The van der Waals surface area contributed by atoms with Gasteiger partial charge in [-0.2, -0.15) is 0 Å². The zero-order valence-corrected chi connectivity index (χ0v) is 15.5. The number of carboxylic acids is 1. The number of nitrogens with two attached hydrogens (primary N) is 1. The van der Waals surface area contributed by atoms with E-state index in [1.165, 1.54) is 6.92 Å². The molecule has 0 bridgehead atoms. The van der Waals surface area contributed by atoms with E-state index in [0.29, 0.717) is 12.1 Å². The lowest BCUT2D eigenvalue weighted by Gasteiger charge is -2.23. The molecule has 178 valence electrons. The van der Waals surface area contributed by atoms with Crippen molar-refractivity contribution in [3.05, 3.63) is 17.7 Å². The van der Waals surface area contributed by atoms with Crippen LogP contribution in [-0.4, -0.2) is 36.7 Å². The van der Waals surface area contributed by atoms with Crippen LogP contribution in [0.25, 0.3) is 0 Å². The number of carboxylic acid groups (broad SMARTS) is 1. The lowest BCUT2D eigenvalue weighted by molar-refractivity contribution is -0.293. The molecule has 1 aromatic rings. The molecule has 15 heteroatoms. The lowest BCUT2D eigenvalue weighted by atomic mass is 9.90. The van der Waals surface area contributed by atoms with E-state index in [9.17, 15) is 44.3 Å². The van der Waals surface area contributed by atoms with Crippen LogP contribution in [0, 0.1) is 11.8 Å². The summed E-state index contributed by atoms with van der Waals surface area (Å²) >= 11 is 0. The maximum Gasteiger partial charge on any atom is 0.573 e. The molecule has 0 radical (unpaired) electrons. The van der Waals surface area contributed by atoms with Gasteiger partial charge in [-0.25, -0.2) is 0 Å².